The number of piperazine rings is 1. The van der Waals surface area contributed by atoms with E-state index >= 15 is 0 Å². The van der Waals surface area contributed by atoms with E-state index in [9.17, 15) is 0 Å². The van der Waals surface area contributed by atoms with Crippen molar-refractivity contribution >= 4 is 0 Å². The van der Waals surface area contributed by atoms with Crippen molar-refractivity contribution in [1.29, 1.82) is 0 Å². The molecule has 2 aliphatic rings. The molecule has 0 N–H and O–H groups in total. The van der Waals surface area contributed by atoms with Gasteiger partial charge in [-0.15, -0.1) is 0 Å². The third-order valence-electron chi connectivity index (χ3n) is 6.00. The number of aryl methyl sites for hydroxylation is 1. The molecule has 0 unspecified atom stereocenters. The lowest BCUT2D eigenvalue weighted by atomic mass is 9.67. The van der Waals surface area contributed by atoms with Gasteiger partial charge < -0.3 is 14.5 Å². The van der Waals surface area contributed by atoms with Crippen LogP contribution in [0.3, 0.4) is 0 Å². The molecule has 134 valence electrons. The van der Waals surface area contributed by atoms with Crippen LogP contribution in [0.1, 0.15) is 44.2 Å². The normalized spacial score (nSPS) is 28.8. The first-order chi connectivity index (χ1) is 11.4. The van der Waals surface area contributed by atoms with E-state index < -0.39 is 0 Å². The summed E-state index contributed by atoms with van der Waals surface area (Å²) in [5, 5.41) is 0. The van der Waals surface area contributed by atoms with Crippen LogP contribution >= 0.6 is 0 Å². The zero-order valence-corrected chi connectivity index (χ0v) is 16.0. The fourth-order valence-corrected chi connectivity index (χ4v) is 4.43. The van der Waals surface area contributed by atoms with Crippen LogP contribution in [0.25, 0.3) is 0 Å². The van der Waals surface area contributed by atoms with Crippen LogP contribution in [0.4, 0.5) is 0 Å². The average Bonchev–Trinajstić information content (AvgIpc) is 2.54. The molecule has 1 atom stereocenters. The maximum absolute atomic E-state index is 6.05. The van der Waals surface area contributed by atoms with Crippen LogP contribution in [0.15, 0.2) is 24.3 Å². The van der Waals surface area contributed by atoms with E-state index in [1.165, 1.54) is 50.3 Å². The molecule has 0 spiro atoms. The van der Waals surface area contributed by atoms with Gasteiger partial charge in [-0.3, -0.25) is 0 Å². The summed E-state index contributed by atoms with van der Waals surface area (Å²) < 4.78 is 6.05. The van der Waals surface area contributed by atoms with Gasteiger partial charge in [-0.05, 0) is 59.2 Å². The Morgan fingerprint density at radius 1 is 1.04 bits per heavy atom. The number of nitrogens with zero attached hydrogens (tertiary/aromatic N) is 2. The number of rotatable bonds is 4. The molecule has 1 aromatic carbocycles. The minimum absolute atomic E-state index is 0.0226. The Labute approximate surface area is 148 Å². The van der Waals surface area contributed by atoms with Crippen molar-refractivity contribution in [2.45, 2.75) is 51.0 Å². The molecular formula is C21H34N2O. The molecule has 2 saturated heterocycles. The standard InChI is InChI=1S/C21H34N2O/c1-18-5-7-19(8-6-18)21(10-16-24-20(2,3)17-21)9-11-23-14-12-22(4)13-15-23/h5-8H,9-17H2,1-4H3/t21-/m1/s1. The highest BCUT2D eigenvalue weighted by molar-refractivity contribution is 5.30. The highest BCUT2D eigenvalue weighted by Gasteiger charge is 2.42. The van der Waals surface area contributed by atoms with Crippen LogP contribution in [-0.4, -0.2) is 61.8 Å². The number of ether oxygens (including phenoxy) is 1. The number of likely N-dealkylation sites (N-methyl/N-ethyl adjacent to an activating group) is 1. The molecule has 0 saturated carbocycles. The summed E-state index contributed by atoms with van der Waals surface area (Å²) in [4.78, 5) is 5.09. The minimum Gasteiger partial charge on any atom is -0.376 e. The van der Waals surface area contributed by atoms with Gasteiger partial charge in [0, 0.05) is 38.2 Å². The summed E-state index contributed by atoms with van der Waals surface area (Å²) in [7, 11) is 2.23. The van der Waals surface area contributed by atoms with Gasteiger partial charge in [0.05, 0.1) is 5.60 Å². The van der Waals surface area contributed by atoms with Gasteiger partial charge in [0.2, 0.25) is 0 Å². The first kappa shape index (κ1) is 17.9. The van der Waals surface area contributed by atoms with Crippen molar-refractivity contribution in [2.24, 2.45) is 0 Å². The molecule has 0 radical (unpaired) electrons. The summed E-state index contributed by atoms with van der Waals surface area (Å²) in [5.74, 6) is 0. The van der Waals surface area contributed by atoms with E-state index in [4.69, 9.17) is 4.74 Å². The van der Waals surface area contributed by atoms with Gasteiger partial charge in [-0.1, -0.05) is 29.8 Å². The van der Waals surface area contributed by atoms with E-state index in [1.807, 2.05) is 0 Å². The van der Waals surface area contributed by atoms with Crippen molar-refractivity contribution in [3.8, 4) is 0 Å². The Hall–Kier alpha value is -0.900. The first-order valence-electron chi connectivity index (χ1n) is 9.51. The third kappa shape index (κ3) is 4.19. The predicted octanol–water partition coefficient (Wildman–Crippen LogP) is 3.46. The van der Waals surface area contributed by atoms with Crippen molar-refractivity contribution in [2.75, 3.05) is 46.4 Å². The van der Waals surface area contributed by atoms with Crippen LogP contribution < -0.4 is 0 Å². The van der Waals surface area contributed by atoms with Crippen molar-refractivity contribution in [1.82, 2.24) is 9.80 Å². The summed E-state index contributed by atoms with van der Waals surface area (Å²) in [6.45, 7) is 13.6. The minimum atomic E-state index is -0.0226. The average molecular weight is 331 g/mol. The van der Waals surface area contributed by atoms with Gasteiger partial charge in [0.25, 0.3) is 0 Å². The number of hydrogen-bond donors (Lipinski definition) is 0. The van der Waals surface area contributed by atoms with E-state index in [2.05, 4.69) is 61.9 Å². The maximum atomic E-state index is 6.05. The Bertz CT molecular complexity index is 531. The second-order valence-corrected chi connectivity index (χ2v) is 8.58. The first-order valence-corrected chi connectivity index (χ1v) is 9.51. The van der Waals surface area contributed by atoms with Crippen molar-refractivity contribution in [3.05, 3.63) is 35.4 Å². The summed E-state index contributed by atoms with van der Waals surface area (Å²) in [6.07, 6.45) is 3.51. The fourth-order valence-electron chi connectivity index (χ4n) is 4.43. The van der Waals surface area contributed by atoms with Crippen molar-refractivity contribution in [3.63, 3.8) is 0 Å². The zero-order valence-electron chi connectivity index (χ0n) is 16.0. The summed E-state index contributed by atoms with van der Waals surface area (Å²) in [5.41, 5.74) is 3.10. The van der Waals surface area contributed by atoms with Gasteiger partial charge >= 0.3 is 0 Å². The highest BCUT2D eigenvalue weighted by atomic mass is 16.5. The Morgan fingerprint density at radius 2 is 1.71 bits per heavy atom. The Morgan fingerprint density at radius 3 is 2.33 bits per heavy atom. The monoisotopic (exact) mass is 330 g/mol. The van der Waals surface area contributed by atoms with Crippen molar-refractivity contribution < 1.29 is 4.74 Å². The molecule has 3 rings (SSSR count). The lowest BCUT2D eigenvalue weighted by Crippen LogP contribution is -2.48. The van der Waals surface area contributed by atoms with E-state index in [0.717, 1.165) is 19.4 Å². The fraction of sp³-hybridized carbons (Fsp3) is 0.714. The second-order valence-electron chi connectivity index (χ2n) is 8.58. The Balaban J connectivity index is 1.76. The molecular weight excluding hydrogens is 296 g/mol. The van der Waals surface area contributed by atoms with Crippen LogP contribution in [0, 0.1) is 6.92 Å². The molecule has 24 heavy (non-hydrogen) atoms. The number of benzene rings is 1. The molecule has 3 nitrogen and oxygen atoms in total. The highest BCUT2D eigenvalue weighted by Crippen LogP contribution is 2.44. The van der Waals surface area contributed by atoms with E-state index in [1.54, 1.807) is 0 Å². The number of hydrogen-bond acceptors (Lipinski definition) is 3. The maximum Gasteiger partial charge on any atom is 0.0635 e. The quantitative estimate of drug-likeness (QED) is 0.841. The lowest BCUT2D eigenvalue weighted by molar-refractivity contribution is -0.0856. The van der Waals surface area contributed by atoms with E-state index in [0.29, 0.717) is 0 Å². The SMILES string of the molecule is Cc1ccc([C@]2(CCN3CCN(C)CC3)CCOC(C)(C)C2)cc1. The third-order valence-corrected chi connectivity index (χ3v) is 6.00. The molecule has 1 aromatic rings. The second kappa shape index (κ2) is 7.15. The largest absolute Gasteiger partial charge is 0.376 e. The summed E-state index contributed by atoms with van der Waals surface area (Å²) >= 11 is 0. The predicted molar refractivity (Wildman–Crippen MR) is 101 cm³/mol. The lowest BCUT2D eigenvalue weighted by Gasteiger charge is -2.46. The van der Waals surface area contributed by atoms with Gasteiger partial charge in [-0.25, -0.2) is 0 Å². The zero-order chi connectivity index (χ0) is 17.2. The van der Waals surface area contributed by atoms with Gasteiger partial charge in [0.15, 0.2) is 0 Å². The molecule has 0 amide bonds. The molecule has 3 heteroatoms. The van der Waals surface area contributed by atoms with E-state index in [-0.39, 0.29) is 11.0 Å². The molecule has 2 heterocycles. The smallest absolute Gasteiger partial charge is 0.0635 e. The van der Waals surface area contributed by atoms with Crippen LogP contribution in [0.2, 0.25) is 0 Å². The van der Waals surface area contributed by atoms with Gasteiger partial charge in [0.1, 0.15) is 0 Å². The summed E-state index contributed by atoms with van der Waals surface area (Å²) in [6, 6.07) is 9.27. The molecule has 2 aliphatic heterocycles. The van der Waals surface area contributed by atoms with Crippen LogP contribution in [0.5, 0.6) is 0 Å². The Kier molecular flexibility index (Phi) is 5.33. The molecule has 0 aliphatic carbocycles. The topological polar surface area (TPSA) is 15.7 Å². The van der Waals surface area contributed by atoms with Gasteiger partial charge in [-0.2, -0.15) is 0 Å². The molecule has 2 fully saturated rings. The van der Waals surface area contributed by atoms with Crippen LogP contribution in [-0.2, 0) is 10.2 Å². The molecule has 0 aromatic heterocycles. The molecule has 0 bridgehead atoms.